The molecule has 31 heavy (non-hydrogen) atoms. The van der Waals surface area contributed by atoms with E-state index in [2.05, 4.69) is 6.92 Å². The Hall–Kier alpha value is -1.57. The number of ketones is 2. The van der Waals surface area contributed by atoms with Gasteiger partial charge in [-0.2, -0.15) is 0 Å². The Morgan fingerprint density at radius 3 is 2.58 bits per heavy atom. The topological polar surface area (TPSA) is 132 Å². The predicted molar refractivity (Wildman–Crippen MR) is 111 cm³/mol. The summed E-state index contributed by atoms with van der Waals surface area (Å²) in [5.41, 5.74) is -2.00. The first-order chi connectivity index (χ1) is 14.4. The molecule has 0 radical (unpaired) electrons. The minimum Gasteiger partial charge on any atom is -0.481 e. The average Bonchev–Trinajstić information content (AvgIpc) is 2.88. The highest BCUT2D eigenvalue weighted by molar-refractivity contribution is 5.95. The molecule has 0 aliphatic heterocycles. The number of hydrogen-bond donors (Lipinski definition) is 4. The normalized spacial score (nSPS) is 47.6. The second-order valence-corrected chi connectivity index (χ2v) is 11.0. The van der Waals surface area contributed by atoms with Crippen LogP contribution in [0.5, 0.6) is 0 Å². The Bertz CT molecular complexity index is 849. The molecule has 172 valence electrons. The van der Waals surface area contributed by atoms with Crippen LogP contribution in [0.15, 0.2) is 11.6 Å². The molecule has 0 saturated heterocycles. The van der Waals surface area contributed by atoms with E-state index in [9.17, 15) is 29.7 Å². The van der Waals surface area contributed by atoms with Crippen LogP contribution in [-0.4, -0.2) is 55.8 Å². The maximum Gasteiger partial charge on any atom is 0.306 e. The van der Waals surface area contributed by atoms with Gasteiger partial charge in [-0.25, -0.2) is 0 Å². The molecule has 3 saturated carbocycles. The minimum atomic E-state index is -1.89. The number of aliphatic carboxylic acids is 1. The number of carbonyl (C=O) groups is 3. The Labute approximate surface area is 182 Å². The zero-order chi connectivity index (χ0) is 22.9. The first kappa shape index (κ1) is 22.6. The van der Waals surface area contributed by atoms with Gasteiger partial charge in [0.15, 0.2) is 11.6 Å². The lowest BCUT2D eigenvalue weighted by molar-refractivity contribution is -0.191. The molecule has 0 aromatic heterocycles. The molecule has 7 heteroatoms. The largest absolute Gasteiger partial charge is 0.481 e. The van der Waals surface area contributed by atoms with Gasteiger partial charge in [0.1, 0.15) is 11.7 Å². The van der Waals surface area contributed by atoms with Crippen molar-refractivity contribution in [2.45, 2.75) is 83.5 Å². The summed E-state index contributed by atoms with van der Waals surface area (Å²) in [5.74, 6) is -2.45. The molecule has 4 N–H and O–H groups in total. The van der Waals surface area contributed by atoms with E-state index in [1.807, 2.05) is 6.92 Å². The fraction of sp³-hybridized carbons (Fsp3) is 0.792. The van der Waals surface area contributed by atoms with Crippen LogP contribution in [0, 0.1) is 34.5 Å². The van der Waals surface area contributed by atoms with Gasteiger partial charge in [-0.05, 0) is 67.3 Å². The van der Waals surface area contributed by atoms with E-state index < -0.39 is 47.3 Å². The lowest BCUT2D eigenvalue weighted by Crippen LogP contribution is -2.64. The maximum atomic E-state index is 13.2. The number of carboxylic acids is 1. The first-order valence-electron chi connectivity index (χ1n) is 11.4. The third-order valence-corrected chi connectivity index (χ3v) is 9.52. The first-order valence-corrected chi connectivity index (χ1v) is 11.4. The lowest BCUT2D eigenvalue weighted by atomic mass is 9.45. The van der Waals surface area contributed by atoms with Crippen LogP contribution in [-0.2, 0) is 14.4 Å². The molecule has 4 aliphatic rings. The summed E-state index contributed by atoms with van der Waals surface area (Å²) in [4.78, 5) is 36.2. The van der Waals surface area contributed by atoms with Gasteiger partial charge in [-0.3, -0.25) is 14.4 Å². The zero-order valence-corrected chi connectivity index (χ0v) is 18.5. The lowest BCUT2D eigenvalue weighted by Gasteiger charge is -2.60. The van der Waals surface area contributed by atoms with Gasteiger partial charge in [-0.1, -0.05) is 26.3 Å². The van der Waals surface area contributed by atoms with Crippen molar-refractivity contribution < 1.29 is 34.8 Å². The van der Waals surface area contributed by atoms with Crippen LogP contribution in [0.3, 0.4) is 0 Å². The number of aliphatic hydroxyl groups is 3. The van der Waals surface area contributed by atoms with Crippen LogP contribution >= 0.6 is 0 Å². The molecule has 9 atom stereocenters. The summed E-state index contributed by atoms with van der Waals surface area (Å²) in [6, 6.07) is 0. The maximum absolute atomic E-state index is 13.2. The van der Waals surface area contributed by atoms with E-state index in [4.69, 9.17) is 5.11 Å². The van der Waals surface area contributed by atoms with Gasteiger partial charge >= 0.3 is 5.97 Å². The second-order valence-electron chi connectivity index (χ2n) is 11.0. The average molecular weight is 435 g/mol. The van der Waals surface area contributed by atoms with E-state index in [1.54, 1.807) is 13.0 Å². The molecule has 0 aromatic carbocycles. The van der Waals surface area contributed by atoms with Crippen molar-refractivity contribution >= 4 is 17.5 Å². The van der Waals surface area contributed by atoms with Crippen molar-refractivity contribution in [1.82, 2.24) is 0 Å². The number of aliphatic hydroxyl groups excluding tert-OH is 2. The van der Waals surface area contributed by atoms with Crippen molar-refractivity contribution in [3.8, 4) is 0 Å². The number of rotatable bonds is 4. The van der Waals surface area contributed by atoms with Crippen molar-refractivity contribution in [1.29, 1.82) is 0 Å². The molecule has 4 aliphatic carbocycles. The van der Waals surface area contributed by atoms with Crippen molar-refractivity contribution in [3.63, 3.8) is 0 Å². The summed E-state index contributed by atoms with van der Waals surface area (Å²) in [7, 11) is 0. The number of Topliss-reactive ketones (excluding diaryl/α,β-unsaturated/α-hetero) is 1. The number of carbonyl (C=O) groups excluding carboxylic acids is 2. The Morgan fingerprint density at radius 1 is 1.26 bits per heavy atom. The van der Waals surface area contributed by atoms with E-state index in [-0.39, 0.29) is 35.4 Å². The number of hydrogen-bond acceptors (Lipinski definition) is 6. The highest BCUT2D eigenvalue weighted by Crippen LogP contribution is 2.68. The summed E-state index contributed by atoms with van der Waals surface area (Å²) >= 11 is 0. The Morgan fingerprint density at radius 2 is 1.94 bits per heavy atom. The van der Waals surface area contributed by atoms with Crippen molar-refractivity contribution in [2.24, 2.45) is 34.5 Å². The van der Waals surface area contributed by atoms with Crippen LogP contribution in [0.2, 0.25) is 0 Å². The van der Waals surface area contributed by atoms with E-state index in [0.29, 0.717) is 19.3 Å². The molecule has 2 unspecified atom stereocenters. The van der Waals surface area contributed by atoms with Gasteiger partial charge in [0, 0.05) is 11.8 Å². The standard InChI is InChI=1S/C24H34O7/c1-12-8-16-15-5-4-13-9-14(25)6-7-22(13,2)20(15)18(27)11-23(16,3)24(12,31)21(30)17(26)10-19(28)29/h9,12,15-18,20,26-27,31H,4-8,10-11H2,1-3H3,(H,28,29)/t12?,15-,16-,17?,18-,20+,22-,23-,24-/m0/s1. The van der Waals surface area contributed by atoms with Gasteiger partial charge in [-0.15, -0.1) is 0 Å². The molecule has 4 rings (SSSR count). The molecule has 3 fully saturated rings. The molecule has 0 bridgehead atoms. The summed E-state index contributed by atoms with van der Waals surface area (Å²) in [6.45, 7) is 5.75. The fourth-order valence-corrected chi connectivity index (χ4v) is 8.06. The monoisotopic (exact) mass is 434 g/mol. The number of allylic oxidation sites excluding steroid dienone is 1. The Kier molecular flexibility index (Phi) is 5.27. The van der Waals surface area contributed by atoms with Crippen LogP contribution in [0.4, 0.5) is 0 Å². The van der Waals surface area contributed by atoms with Crippen molar-refractivity contribution in [2.75, 3.05) is 0 Å². The quantitative estimate of drug-likeness (QED) is 0.531. The molecular weight excluding hydrogens is 400 g/mol. The molecular formula is C24H34O7. The van der Waals surface area contributed by atoms with Crippen LogP contribution in [0.25, 0.3) is 0 Å². The third kappa shape index (κ3) is 3.00. The number of fused-ring (bicyclic) bond motifs is 5. The molecule has 0 aromatic rings. The summed E-state index contributed by atoms with van der Waals surface area (Å²) < 4.78 is 0. The molecule has 7 nitrogen and oxygen atoms in total. The van der Waals surface area contributed by atoms with E-state index in [1.165, 1.54) is 0 Å². The fourth-order valence-electron chi connectivity index (χ4n) is 8.06. The predicted octanol–water partition coefficient (Wildman–Crippen LogP) is 1.87. The van der Waals surface area contributed by atoms with Crippen LogP contribution < -0.4 is 0 Å². The minimum absolute atomic E-state index is 0.0297. The van der Waals surface area contributed by atoms with Crippen molar-refractivity contribution in [3.05, 3.63) is 11.6 Å². The molecule has 0 heterocycles. The zero-order valence-electron chi connectivity index (χ0n) is 18.5. The summed E-state index contributed by atoms with van der Waals surface area (Å²) in [6.07, 6.45) is 2.00. The van der Waals surface area contributed by atoms with Gasteiger partial charge in [0.05, 0.1) is 12.5 Å². The van der Waals surface area contributed by atoms with E-state index >= 15 is 0 Å². The van der Waals surface area contributed by atoms with E-state index in [0.717, 1.165) is 18.4 Å². The Balaban J connectivity index is 1.71. The second kappa shape index (κ2) is 7.22. The number of carboxylic acid groups (broad SMARTS) is 1. The third-order valence-electron chi connectivity index (χ3n) is 9.52. The summed E-state index contributed by atoms with van der Waals surface area (Å²) in [5, 5.41) is 42.4. The van der Waals surface area contributed by atoms with Gasteiger partial charge < -0.3 is 20.4 Å². The van der Waals surface area contributed by atoms with Crippen LogP contribution in [0.1, 0.15) is 65.7 Å². The van der Waals surface area contributed by atoms with Gasteiger partial charge in [0.2, 0.25) is 0 Å². The highest BCUT2D eigenvalue weighted by atomic mass is 16.4. The highest BCUT2D eigenvalue weighted by Gasteiger charge is 2.71. The molecule has 0 spiro atoms. The molecule has 0 amide bonds. The van der Waals surface area contributed by atoms with Gasteiger partial charge in [0.25, 0.3) is 0 Å². The SMILES string of the molecule is CC1C[C@H]2[C@@H]3CCC4=CC(=O)CC[C@]4(C)[C@H]3[C@@H](O)C[C@]2(C)[C@@]1(O)C(=O)C(O)CC(=O)O. The smallest absolute Gasteiger partial charge is 0.306 e.